The summed E-state index contributed by atoms with van der Waals surface area (Å²) in [4.78, 5) is 15.7. The molecule has 0 aromatic carbocycles. The minimum Gasteiger partial charge on any atom is -0.394 e. The molecule has 4 nitrogen and oxygen atoms in total. The zero-order chi connectivity index (χ0) is 11.3. The van der Waals surface area contributed by atoms with Crippen molar-refractivity contribution in [1.82, 2.24) is 10.3 Å². The average molecular weight is 228 g/mol. The fraction of sp³-hybridized carbons (Fsp3) is 0.600. The standard InChI is InChI=1S/C10H16N2O2S/c1-3-8(5-13)12-9(14)4-10-11-7(2)6-15-10/h6,8,13H,3-5H2,1-2H3,(H,12,14). The van der Waals surface area contributed by atoms with Crippen molar-refractivity contribution in [3.05, 3.63) is 16.1 Å². The average Bonchev–Trinajstić information content (AvgIpc) is 2.60. The van der Waals surface area contributed by atoms with Gasteiger partial charge in [0.15, 0.2) is 0 Å². The maximum atomic E-state index is 11.5. The van der Waals surface area contributed by atoms with E-state index in [-0.39, 0.29) is 18.6 Å². The summed E-state index contributed by atoms with van der Waals surface area (Å²) in [5.41, 5.74) is 0.942. The van der Waals surface area contributed by atoms with E-state index in [1.54, 1.807) is 0 Å². The third kappa shape index (κ3) is 3.97. The van der Waals surface area contributed by atoms with Gasteiger partial charge in [0, 0.05) is 11.1 Å². The van der Waals surface area contributed by atoms with Crippen LogP contribution in [-0.4, -0.2) is 28.6 Å². The number of hydrogen-bond acceptors (Lipinski definition) is 4. The molecule has 0 aliphatic carbocycles. The molecule has 0 fully saturated rings. The molecule has 0 aliphatic rings. The van der Waals surface area contributed by atoms with Crippen LogP contribution < -0.4 is 5.32 Å². The van der Waals surface area contributed by atoms with Crippen LogP contribution in [-0.2, 0) is 11.2 Å². The Morgan fingerprint density at radius 3 is 2.93 bits per heavy atom. The molecule has 0 spiro atoms. The van der Waals surface area contributed by atoms with Crippen molar-refractivity contribution < 1.29 is 9.90 Å². The highest BCUT2D eigenvalue weighted by Crippen LogP contribution is 2.09. The normalized spacial score (nSPS) is 12.5. The first-order chi connectivity index (χ1) is 7.15. The third-order valence-corrected chi connectivity index (χ3v) is 3.02. The van der Waals surface area contributed by atoms with Crippen LogP contribution >= 0.6 is 11.3 Å². The minimum atomic E-state index is -0.140. The van der Waals surface area contributed by atoms with Gasteiger partial charge in [-0.1, -0.05) is 6.92 Å². The van der Waals surface area contributed by atoms with Crippen LogP contribution in [0.3, 0.4) is 0 Å². The number of rotatable bonds is 5. The van der Waals surface area contributed by atoms with Crippen molar-refractivity contribution in [3.63, 3.8) is 0 Å². The number of aryl methyl sites for hydroxylation is 1. The molecule has 1 unspecified atom stereocenters. The molecule has 0 radical (unpaired) electrons. The molecule has 1 amide bonds. The number of carbonyl (C=O) groups excluding carboxylic acids is 1. The number of nitrogens with one attached hydrogen (secondary N) is 1. The molecule has 0 saturated carbocycles. The number of aliphatic hydroxyl groups is 1. The molecular formula is C10H16N2O2S. The highest BCUT2D eigenvalue weighted by molar-refractivity contribution is 7.09. The predicted molar refractivity (Wildman–Crippen MR) is 59.9 cm³/mol. The summed E-state index contributed by atoms with van der Waals surface area (Å²) in [7, 11) is 0. The Bertz CT molecular complexity index is 321. The topological polar surface area (TPSA) is 62.2 Å². The number of thiazole rings is 1. The predicted octanol–water partition coefficient (Wildman–Crippen LogP) is 0.881. The lowest BCUT2D eigenvalue weighted by atomic mass is 10.2. The second-order valence-corrected chi connectivity index (χ2v) is 4.36. The molecule has 0 saturated heterocycles. The van der Waals surface area contributed by atoms with E-state index in [9.17, 15) is 4.79 Å². The Hall–Kier alpha value is -0.940. The van der Waals surface area contributed by atoms with Crippen LogP contribution in [0.4, 0.5) is 0 Å². The lowest BCUT2D eigenvalue weighted by molar-refractivity contribution is -0.121. The zero-order valence-corrected chi connectivity index (χ0v) is 9.80. The first-order valence-corrected chi connectivity index (χ1v) is 5.85. The highest BCUT2D eigenvalue weighted by atomic mass is 32.1. The maximum absolute atomic E-state index is 11.5. The van der Waals surface area contributed by atoms with E-state index in [4.69, 9.17) is 5.11 Å². The van der Waals surface area contributed by atoms with Crippen LogP contribution in [0.5, 0.6) is 0 Å². The Labute approximate surface area is 93.4 Å². The molecule has 15 heavy (non-hydrogen) atoms. The van der Waals surface area contributed by atoms with Gasteiger partial charge in [0.2, 0.25) is 5.91 Å². The molecule has 1 heterocycles. The summed E-state index contributed by atoms with van der Waals surface area (Å²) in [5.74, 6) is -0.0785. The number of nitrogens with zero attached hydrogens (tertiary/aromatic N) is 1. The molecule has 5 heteroatoms. The summed E-state index contributed by atoms with van der Waals surface area (Å²) in [6, 6.07) is -0.140. The van der Waals surface area contributed by atoms with E-state index in [1.807, 2.05) is 19.2 Å². The van der Waals surface area contributed by atoms with Gasteiger partial charge in [-0.25, -0.2) is 4.98 Å². The van der Waals surface area contributed by atoms with Crippen LogP contribution in [0.1, 0.15) is 24.0 Å². The van der Waals surface area contributed by atoms with E-state index in [2.05, 4.69) is 10.3 Å². The smallest absolute Gasteiger partial charge is 0.227 e. The van der Waals surface area contributed by atoms with Crippen LogP contribution in [0.15, 0.2) is 5.38 Å². The quantitative estimate of drug-likeness (QED) is 0.786. The summed E-state index contributed by atoms with van der Waals surface area (Å²) < 4.78 is 0. The van der Waals surface area contributed by atoms with Gasteiger partial charge in [-0.3, -0.25) is 4.79 Å². The Kier molecular flexibility index (Phi) is 4.71. The fourth-order valence-corrected chi connectivity index (χ4v) is 1.95. The van der Waals surface area contributed by atoms with Gasteiger partial charge in [0.05, 0.1) is 19.1 Å². The molecule has 1 rings (SSSR count). The molecule has 84 valence electrons. The molecule has 1 aromatic rings. The first kappa shape index (κ1) is 12.1. The van der Waals surface area contributed by atoms with Crippen molar-refractivity contribution >= 4 is 17.2 Å². The zero-order valence-electron chi connectivity index (χ0n) is 8.99. The molecule has 2 N–H and O–H groups in total. The number of amides is 1. The molecular weight excluding hydrogens is 212 g/mol. The second-order valence-electron chi connectivity index (χ2n) is 3.41. The van der Waals surface area contributed by atoms with Crippen molar-refractivity contribution in [2.75, 3.05) is 6.61 Å². The van der Waals surface area contributed by atoms with Gasteiger partial charge in [0.25, 0.3) is 0 Å². The van der Waals surface area contributed by atoms with Gasteiger partial charge in [0.1, 0.15) is 5.01 Å². The van der Waals surface area contributed by atoms with E-state index < -0.39 is 0 Å². The van der Waals surface area contributed by atoms with Crippen molar-refractivity contribution in [2.24, 2.45) is 0 Å². The van der Waals surface area contributed by atoms with Gasteiger partial charge in [-0.05, 0) is 13.3 Å². The van der Waals surface area contributed by atoms with Gasteiger partial charge < -0.3 is 10.4 Å². The summed E-state index contributed by atoms with van der Waals surface area (Å²) >= 11 is 1.49. The maximum Gasteiger partial charge on any atom is 0.227 e. The largest absolute Gasteiger partial charge is 0.394 e. The monoisotopic (exact) mass is 228 g/mol. The molecule has 1 atom stereocenters. The SMILES string of the molecule is CCC(CO)NC(=O)Cc1nc(C)cs1. The van der Waals surface area contributed by atoms with Crippen LogP contribution in [0.25, 0.3) is 0 Å². The third-order valence-electron chi connectivity index (χ3n) is 2.06. The van der Waals surface area contributed by atoms with Crippen LogP contribution in [0.2, 0.25) is 0 Å². The lowest BCUT2D eigenvalue weighted by Gasteiger charge is -2.12. The van der Waals surface area contributed by atoms with Gasteiger partial charge >= 0.3 is 0 Å². The molecule has 0 aliphatic heterocycles. The summed E-state index contributed by atoms with van der Waals surface area (Å²) in [6.07, 6.45) is 1.04. The molecule has 1 aromatic heterocycles. The van der Waals surface area contributed by atoms with Crippen LogP contribution in [0, 0.1) is 6.92 Å². The number of carbonyl (C=O) groups is 1. The van der Waals surface area contributed by atoms with E-state index in [1.165, 1.54) is 11.3 Å². The minimum absolute atomic E-state index is 0.0147. The summed E-state index contributed by atoms with van der Waals surface area (Å²) in [5, 5.41) is 14.4. The number of aliphatic hydroxyl groups excluding tert-OH is 1. The summed E-state index contributed by atoms with van der Waals surface area (Å²) in [6.45, 7) is 3.81. The van der Waals surface area contributed by atoms with Gasteiger partial charge in [-0.2, -0.15) is 0 Å². The second kappa shape index (κ2) is 5.82. The number of aromatic nitrogens is 1. The first-order valence-electron chi connectivity index (χ1n) is 4.97. The van der Waals surface area contributed by atoms with E-state index in [0.717, 1.165) is 17.1 Å². The van der Waals surface area contributed by atoms with Crippen molar-refractivity contribution in [3.8, 4) is 0 Å². The Morgan fingerprint density at radius 2 is 2.47 bits per heavy atom. The van der Waals surface area contributed by atoms with Crippen molar-refractivity contribution in [2.45, 2.75) is 32.7 Å². The number of hydrogen-bond donors (Lipinski definition) is 2. The van der Waals surface area contributed by atoms with E-state index >= 15 is 0 Å². The Morgan fingerprint density at radius 1 is 1.73 bits per heavy atom. The van der Waals surface area contributed by atoms with Gasteiger partial charge in [-0.15, -0.1) is 11.3 Å². The Balaban J connectivity index is 2.42. The van der Waals surface area contributed by atoms with Crippen molar-refractivity contribution in [1.29, 1.82) is 0 Å². The molecule has 0 bridgehead atoms. The van der Waals surface area contributed by atoms with E-state index in [0.29, 0.717) is 6.42 Å². The lowest BCUT2D eigenvalue weighted by Crippen LogP contribution is -2.37. The fourth-order valence-electron chi connectivity index (χ4n) is 1.18. The highest BCUT2D eigenvalue weighted by Gasteiger charge is 2.11.